The van der Waals surface area contributed by atoms with Gasteiger partial charge in [0.05, 0.1) is 18.4 Å². The minimum absolute atomic E-state index is 0.00959. The molecular weight excluding hydrogens is 784 g/mol. The lowest BCUT2D eigenvalue weighted by atomic mass is 9.84. The molecule has 0 unspecified atom stereocenters. The van der Waals surface area contributed by atoms with Gasteiger partial charge in [0, 0.05) is 30.8 Å². The van der Waals surface area contributed by atoms with Crippen LogP contribution in [0, 0.1) is 23.6 Å². The minimum atomic E-state index is -4.02. The number of pyridine rings is 1. The van der Waals surface area contributed by atoms with Gasteiger partial charge in [-0.05, 0) is 94.7 Å². The predicted molar refractivity (Wildman–Crippen MR) is 206 cm³/mol. The summed E-state index contributed by atoms with van der Waals surface area (Å²) in [6.45, 7) is 7.75. The second-order valence-electron chi connectivity index (χ2n) is 16.9. The number of ether oxygens (including phenoxy) is 2. The van der Waals surface area contributed by atoms with E-state index < -0.39 is 91.9 Å². The summed E-state index contributed by atoms with van der Waals surface area (Å²) in [5.41, 5.74) is -4.09. The molecular formula is C40H52F3N5O9S. The van der Waals surface area contributed by atoms with Crippen molar-refractivity contribution in [1.82, 2.24) is 24.8 Å². The number of allylic oxidation sites excluding steroid dienone is 1. The summed E-state index contributed by atoms with van der Waals surface area (Å²) < 4.78 is 85.4. The van der Waals surface area contributed by atoms with Crippen molar-refractivity contribution in [3.05, 3.63) is 42.4 Å². The number of carbonyl (C=O) groups excluding carboxylic acids is 3. The maximum absolute atomic E-state index is 15.3. The molecule has 2 aliphatic heterocycles. The Morgan fingerprint density at radius 2 is 1.84 bits per heavy atom. The van der Waals surface area contributed by atoms with E-state index in [0.29, 0.717) is 42.9 Å². The first-order valence-electron chi connectivity index (χ1n) is 19.7. The third-order valence-electron chi connectivity index (χ3n) is 12.1. The number of hydrogen-bond donors (Lipinski definition) is 3. The van der Waals surface area contributed by atoms with Crippen LogP contribution in [0.1, 0.15) is 86.5 Å². The molecule has 6 rings (SSSR count). The van der Waals surface area contributed by atoms with Gasteiger partial charge < -0.3 is 24.8 Å². The van der Waals surface area contributed by atoms with E-state index in [4.69, 9.17) is 9.47 Å². The van der Waals surface area contributed by atoms with Gasteiger partial charge in [0.2, 0.25) is 27.7 Å². The molecule has 14 nitrogen and oxygen atoms in total. The highest BCUT2D eigenvalue weighted by Crippen LogP contribution is 2.47. The third kappa shape index (κ3) is 8.43. The van der Waals surface area contributed by atoms with Crippen LogP contribution in [0.3, 0.4) is 0 Å². The SMILES string of the molecule is CCOc1cc2ccnc(O[C@@H]3C[C@H]4C(=O)N[C@]5(C(=O)NS(=O)(=O)C6CC6)C[C@H]5C=CCC[C@@H](C)C[C@@H](C)[C@H](N(C(=O)O)C(C)(C)C(C)(F)F)C(=O)N4C3)c2cc1F. The van der Waals surface area contributed by atoms with Gasteiger partial charge in [-0.2, -0.15) is 0 Å². The number of nitrogens with zero attached hydrogens (tertiary/aromatic N) is 3. The first-order chi connectivity index (χ1) is 27.1. The number of amides is 4. The number of benzene rings is 1. The van der Waals surface area contributed by atoms with Crippen LogP contribution < -0.4 is 19.5 Å². The van der Waals surface area contributed by atoms with Crippen molar-refractivity contribution in [2.24, 2.45) is 17.8 Å². The van der Waals surface area contributed by atoms with Gasteiger partial charge in [-0.15, -0.1) is 0 Å². The Hall–Kier alpha value is -4.61. The molecule has 2 aromatic rings. The first kappa shape index (κ1) is 43.0. The van der Waals surface area contributed by atoms with Crippen LogP contribution in [0.4, 0.5) is 18.0 Å². The quantitative estimate of drug-likeness (QED) is 0.262. The van der Waals surface area contributed by atoms with E-state index in [-0.39, 0.29) is 55.3 Å². The molecule has 4 amide bonds. The van der Waals surface area contributed by atoms with Gasteiger partial charge in [0.25, 0.3) is 11.8 Å². The molecule has 1 saturated heterocycles. The Bertz CT molecular complexity index is 2090. The number of rotatable bonds is 10. The second kappa shape index (κ2) is 15.9. The van der Waals surface area contributed by atoms with Gasteiger partial charge >= 0.3 is 6.09 Å². The molecule has 18 heteroatoms. The lowest BCUT2D eigenvalue weighted by molar-refractivity contribution is -0.156. The van der Waals surface area contributed by atoms with Gasteiger partial charge in [0.15, 0.2) is 11.6 Å². The molecule has 4 aliphatic rings. The number of carboxylic acid groups (broad SMARTS) is 1. The van der Waals surface area contributed by atoms with Crippen molar-refractivity contribution in [1.29, 1.82) is 0 Å². The summed E-state index contributed by atoms with van der Waals surface area (Å²) >= 11 is 0. The number of sulfonamides is 1. The van der Waals surface area contributed by atoms with Crippen LogP contribution in [-0.2, 0) is 24.4 Å². The van der Waals surface area contributed by atoms with E-state index in [9.17, 15) is 27.9 Å². The van der Waals surface area contributed by atoms with Crippen LogP contribution in [0.15, 0.2) is 36.5 Å². The number of alkyl halides is 2. The molecule has 318 valence electrons. The molecule has 1 aromatic carbocycles. The maximum atomic E-state index is 15.3. The monoisotopic (exact) mass is 835 g/mol. The fourth-order valence-electron chi connectivity index (χ4n) is 8.22. The fraction of sp³-hybridized carbons (Fsp3) is 0.625. The number of carbonyl (C=O) groups is 4. The van der Waals surface area contributed by atoms with E-state index in [1.807, 2.05) is 13.0 Å². The van der Waals surface area contributed by atoms with Crippen molar-refractivity contribution >= 4 is 44.6 Å². The Morgan fingerprint density at radius 1 is 1.14 bits per heavy atom. The van der Waals surface area contributed by atoms with Crippen LogP contribution in [0.2, 0.25) is 0 Å². The Balaban J connectivity index is 1.42. The van der Waals surface area contributed by atoms with Crippen molar-refractivity contribution in [2.75, 3.05) is 13.2 Å². The summed E-state index contributed by atoms with van der Waals surface area (Å²) in [6, 6.07) is 1.14. The fourth-order valence-corrected chi connectivity index (χ4v) is 9.59. The summed E-state index contributed by atoms with van der Waals surface area (Å²) in [6.07, 6.45) is 4.17. The topological polar surface area (TPSA) is 185 Å². The molecule has 0 spiro atoms. The molecule has 3 fully saturated rings. The number of nitrogens with one attached hydrogen (secondary N) is 2. The summed E-state index contributed by atoms with van der Waals surface area (Å²) in [5, 5.41) is 13.4. The predicted octanol–water partition coefficient (Wildman–Crippen LogP) is 5.40. The van der Waals surface area contributed by atoms with Crippen molar-refractivity contribution in [2.45, 2.75) is 127 Å². The smallest absolute Gasteiger partial charge is 0.408 e. The first-order valence-corrected chi connectivity index (χ1v) is 21.3. The highest BCUT2D eigenvalue weighted by atomic mass is 32.2. The normalized spacial score (nSPS) is 28.4. The zero-order valence-corrected chi connectivity index (χ0v) is 34.3. The molecule has 3 heterocycles. The molecule has 3 N–H and O–H groups in total. The Labute approximate surface area is 335 Å². The maximum Gasteiger partial charge on any atom is 0.408 e. The summed E-state index contributed by atoms with van der Waals surface area (Å²) in [5.74, 6) is -8.57. The van der Waals surface area contributed by atoms with Crippen LogP contribution in [-0.4, -0.2) is 106 Å². The van der Waals surface area contributed by atoms with Gasteiger partial charge in [-0.3, -0.25) is 24.0 Å². The third-order valence-corrected chi connectivity index (χ3v) is 13.9. The molecule has 0 radical (unpaired) electrons. The summed E-state index contributed by atoms with van der Waals surface area (Å²) in [4.78, 5) is 62.4. The van der Waals surface area contributed by atoms with E-state index in [2.05, 4.69) is 15.0 Å². The highest BCUT2D eigenvalue weighted by molar-refractivity contribution is 7.91. The van der Waals surface area contributed by atoms with Crippen LogP contribution in [0.25, 0.3) is 10.8 Å². The van der Waals surface area contributed by atoms with Crippen molar-refractivity contribution < 1.29 is 55.3 Å². The standard InChI is InChI=1S/C40H52F3N5O9S/c1-7-56-31-17-24-14-15-44-34(28(24)19-29(31)41)57-26-18-30-33(49)45-40(36(51)46-58(54,55)27-12-13-27)20-25(40)11-9-8-10-22(2)16-23(3)32(35(50)47(30)21-26)48(37(52)53)38(4,5)39(6,42)43/h9,11,14-15,17,19,22-23,25-27,30,32H,7-8,10,12-13,16,18,20-21H2,1-6H3,(H,45,49)(H,46,51)(H,52,53)/t22-,23-,25-,26-,30+,32+,40-/m1/s1. The zero-order chi connectivity index (χ0) is 42.5. The minimum Gasteiger partial charge on any atom is -0.491 e. The van der Waals surface area contributed by atoms with E-state index in [0.717, 1.165) is 18.7 Å². The number of aromatic nitrogens is 1. The average molecular weight is 836 g/mol. The van der Waals surface area contributed by atoms with Gasteiger partial charge in [0.1, 0.15) is 29.3 Å². The molecule has 2 aliphatic carbocycles. The van der Waals surface area contributed by atoms with Crippen molar-refractivity contribution in [3.8, 4) is 11.6 Å². The second-order valence-corrected chi connectivity index (χ2v) is 18.8. The molecule has 2 saturated carbocycles. The number of fused-ring (bicyclic) bond motifs is 3. The van der Waals surface area contributed by atoms with Crippen LogP contribution >= 0.6 is 0 Å². The lowest BCUT2D eigenvalue weighted by Gasteiger charge is -2.47. The van der Waals surface area contributed by atoms with Gasteiger partial charge in [-0.25, -0.2) is 31.4 Å². The summed E-state index contributed by atoms with van der Waals surface area (Å²) in [7, 11) is -4.02. The average Bonchev–Trinajstić information content (AvgIpc) is 4.05. The van der Waals surface area contributed by atoms with Gasteiger partial charge in [-0.1, -0.05) is 26.0 Å². The van der Waals surface area contributed by atoms with E-state index >= 15 is 18.0 Å². The molecule has 0 bridgehead atoms. The number of hydrogen-bond acceptors (Lipinski definition) is 9. The Morgan fingerprint density at radius 3 is 2.48 bits per heavy atom. The number of halogens is 3. The molecule has 7 atom stereocenters. The molecule has 58 heavy (non-hydrogen) atoms. The Kier molecular flexibility index (Phi) is 11.8. The van der Waals surface area contributed by atoms with E-state index in [1.165, 1.54) is 18.3 Å². The zero-order valence-electron chi connectivity index (χ0n) is 33.5. The highest BCUT2D eigenvalue weighted by Gasteiger charge is 2.62. The van der Waals surface area contributed by atoms with Crippen LogP contribution in [0.5, 0.6) is 11.6 Å². The lowest BCUT2D eigenvalue weighted by Crippen LogP contribution is -2.66. The molecule has 1 aromatic heterocycles. The van der Waals surface area contributed by atoms with E-state index in [1.54, 1.807) is 26.0 Å². The van der Waals surface area contributed by atoms with Crippen molar-refractivity contribution in [3.63, 3.8) is 0 Å². The largest absolute Gasteiger partial charge is 0.491 e.